The minimum absolute atomic E-state index is 0.902. The second-order valence-electron chi connectivity index (χ2n) is 13.7. The smallest absolute Gasteiger partial charge is 0.143 e. The summed E-state index contributed by atoms with van der Waals surface area (Å²) in [4.78, 5) is 2.34. The van der Waals surface area contributed by atoms with Crippen LogP contribution in [0.1, 0.15) is 0 Å². The van der Waals surface area contributed by atoms with Crippen molar-refractivity contribution in [2.45, 2.75) is 0 Å². The molecule has 0 spiro atoms. The van der Waals surface area contributed by atoms with Crippen molar-refractivity contribution in [3.8, 4) is 44.5 Å². The Morgan fingerprint density at radius 2 is 0.815 bits per heavy atom. The van der Waals surface area contributed by atoms with Gasteiger partial charge in [-0.1, -0.05) is 164 Å². The van der Waals surface area contributed by atoms with Gasteiger partial charge in [0.25, 0.3) is 0 Å². The molecule has 1 aromatic heterocycles. The number of anilines is 3. The fourth-order valence-electron chi connectivity index (χ4n) is 7.81. The van der Waals surface area contributed by atoms with E-state index in [1.807, 2.05) is 12.1 Å². The lowest BCUT2D eigenvalue weighted by Crippen LogP contribution is -2.10. The van der Waals surface area contributed by atoms with E-state index < -0.39 is 0 Å². The Morgan fingerprint density at radius 3 is 1.61 bits per heavy atom. The van der Waals surface area contributed by atoms with Crippen LogP contribution < -0.4 is 4.90 Å². The summed E-state index contributed by atoms with van der Waals surface area (Å²) in [7, 11) is 0. The summed E-state index contributed by atoms with van der Waals surface area (Å²) < 4.78 is 6.46. The molecule has 0 aliphatic heterocycles. The molecule has 10 rings (SSSR count). The quantitative estimate of drug-likeness (QED) is 0.166. The lowest BCUT2D eigenvalue weighted by molar-refractivity contribution is 0.670. The molecule has 2 heteroatoms. The van der Waals surface area contributed by atoms with E-state index in [1.165, 1.54) is 44.2 Å². The van der Waals surface area contributed by atoms with Crippen LogP contribution >= 0.6 is 0 Å². The van der Waals surface area contributed by atoms with E-state index in [1.54, 1.807) is 0 Å². The molecule has 0 amide bonds. The normalized spacial score (nSPS) is 11.3. The Balaban J connectivity index is 1.06. The highest BCUT2D eigenvalue weighted by atomic mass is 16.3. The molecule has 54 heavy (non-hydrogen) atoms. The molecule has 10 aromatic rings. The van der Waals surface area contributed by atoms with E-state index in [0.29, 0.717) is 0 Å². The van der Waals surface area contributed by atoms with E-state index in [2.05, 4.69) is 205 Å². The van der Waals surface area contributed by atoms with Gasteiger partial charge in [-0.25, -0.2) is 0 Å². The van der Waals surface area contributed by atoms with Gasteiger partial charge in [-0.3, -0.25) is 0 Å². The number of rotatable bonds is 7. The van der Waals surface area contributed by atoms with E-state index in [4.69, 9.17) is 4.42 Å². The highest BCUT2D eigenvalue weighted by molar-refractivity contribution is 6.09. The third-order valence-corrected chi connectivity index (χ3v) is 10.5. The number of hydrogen-bond donors (Lipinski definition) is 0. The standard InChI is InChI=1S/C52H35NO/c1-2-12-36(13-3-1)37-26-30-43(31-27-37)53(45-19-9-18-42(35-45)48-23-11-24-50-49-21-6-7-25-51(49)54-52(48)50)44-32-28-38(29-33-44)40-16-8-17-41(34-40)47-22-10-15-39-14-4-5-20-46(39)47/h1-35H. The molecular formula is C52H35NO. The largest absolute Gasteiger partial charge is 0.455 e. The molecule has 0 fully saturated rings. The van der Waals surface area contributed by atoms with Gasteiger partial charge in [0, 0.05) is 33.4 Å². The van der Waals surface area contributed by atoms with Crippen LogP contribution in [0.5, 0.6) is 0 Å². The predicted molar refractivity (Wildman–Crippen MR) is 228 cm³/mol. The minimum atomic E-state index is 0.902. The van der Waals surface area contributed by atoms with E-state index in [9.17, 15) is 0 Å². The highest BCUT2D eigenvalue weighted by Gasteiger charge is 2.17. The molecule has 0 radical (unpaired) electrons. The molecule has 0 aliphatic rings. The molecule has 0 N–H and O–H groups in total. The minimum Gasteiger partial charge on any atom is -0.455 e. The van der Waals surface area contributed by atoms with Gasteiger partial charge in [0.05, 0.1) is 0 Å². The number of nitrogens with zero attached hydrogens (tertiary/aromatic N) is 1. The monoisotopic (exact) mass is 689 g/mol. The van der Waals surface area contributed by atoms with Gasteiger partial charge in [-0.15, -0.1) is 0 Å². The number of para-hydroxylation sites is 2. The molecule has 0 atom stereocenters. The zero-order valence-electron chi connectivity index (χ0n) is 29.6. The van der Waals surface area contributed by atoms with Crippen LogP contribution in [0.15, 0.2) is 217 Å². The first-order chi connectivity index (χ1) is 26.8. The first kappa shape index (κ1) is 31.6. The average molecular weight is 690 g/mol. The van der Waals surface area contributed by atoms with Crippen LogP contribution in [0.3, 0.4) is 0 Å². The molecule has 0 saturated heterocycles. The average Bonchev–Trinajstić information content (AvgIpc) is 3.64. The summed E-state index contributed by atoms with van der Waals surface area (Å²) in [6.07, 6.45) is 0. The van der Waals surface area contributed by atoms with Gasteiger partial charge >= 0.3 is 0 Å². The third kappa shape index (κ3) is 5.71. The first-order valence-electron chi connectivity index (χ1n) is 18.4. The summed E-state index contributed by atoms with van der Waals surface area (Å²) in [6, 6.07) is 75.8. The Morgan fingerprint density at radius 1 is 0.296 bits per heavy atom. The maximum absolute atomic E-state index is 6.46. The molecule has 254 valence electrons. The highest BCUT2D eigenvalue weighted by Crippen LogP contribution is 2.41. The molecule has 0 saturated carbocycles. The number of hydrogen-bond acceptors (Lipinski definition) is 2. The van der Waals surface area contributed by atoms with Crippen LogP contribution in [0.2, 0.25) is 0 Å². The second-order valence-corrected chi connectivity index (χ2v) is 13.7. The van der Waals surface area contributed by atoms with E-state index in [0.717, 1.165) is 50.1 Å². The van der Waals surface area contributed by atoms with Gasteiger partial charge in [0.1, 0.15) is 11.2 Å². The van der Waals surface area contributed by atoms with Crippen molar-refractivity contribution >= 4 is 49.8 Å². The van der Waals surface area contributed by atoms with Crippen molar-refractivity contribution in [2.24, 2.45) is 0 Å². The van der Waals surface area contributed by atoms with Gasteiger partial charge in [0.2, 0.25) is 0 Å². The fraction of sp³-hybridized carbons (Fsp3) is 0. The molecule has 2 nitrogen and oxygen atoms in total. The lowest BCUT2D eigenvalue weighted by atomic mass is 9.95. The number of furan rings is 1. The summed E-state index contributed by atoms with van der Waals surface area (Å²) in [6.45, 7) is 0. The molecular weight excluding hydrogens is 655 g/mol. The zero-order valence-corrected chi connectivity index (χ0v) is 29.6. The Hall–Kier alpha value is -7.16. The van der Waals surface area contributed by atoms with Crippen molar-refractivity contribution in [3.05, 3.63) is 212 Å². The molecule has 0 unspecified atom stereocenters. The Kier molecular flexibility index (Phi) is 7.85. The predicted octanol–water partition coefficient (Wildman–Crippen LogP) is 14.9. The SMILES string of the molecule is c1ccc(-c2ccc(N(c3ccc(-c4cccc(-c5cccc6ccccc56)c4)cc3)c3cccc(-c4cccc5c4oc4ccccc45)c3)cc2)cc1. The van der Waals surface area contributed by atoms with E-state index >= 15 is 0 Å². The molecule has 0 aliphatic carbocycles. The number of fused-ring (bicyclic) bond motifs is 4. The Labute approximate surface area is 314 Å². The summed E-state index contributed by atoms with van der Waals surface area (Å²) >= 11 is 0. The van der Waals surface area contributed by atoms with Gasteiger partial charge in [-0.2, -0.15) is 0 Å². The molecule has 9 aromatic carbocycles. The summed E-state index contributed by atoms with van der Waals surface area (Å²) in [5, 5.41) is 4.77. The summed E-state index contributed by atoms with van der Waals surface area (Å²) in [5.74, 6) is 0. The Bertz CT molecular complexity index is 2920. The van der Waals surface area contributed by atoms with Gasteiger partial charge < -0.3 is 9.32 Å². The van der Waals surface area contributed by atoms with Crippen LogP contribution in [0, 0.1) is 0 Å². The van der Waals surface area contributed by atoms with Gasteiger partial charge in [0.15, 0.2) is 0 Å². The maximum Gasteiger partial charge on any atom is 0.143 e. The van der Waals surface area contributed by atoms with Crippen LogP contribution in [-0.2, 0) is 0 Å². The van der Waals surface area contributed by atoms with Crippen LogP contribution in [0.4, 0.5) is 17.1 Å². The van der Waals surface area contributed by atoms with E-state index in [-0.39, 0.29) is 0 Å². The van der Waals surface area contributed by atoms with Crippen molar-refractivity contribution < 1.29 is 4.42 Å². The van der Waals surface area contributed by atoms with Crippen molar-refractivity contribution in [3.63, 3.8) is 0 Å². The topological polar surface area (TPSA) is 16.4 Å². The van der Waals surface area contributed by atoms with Crippen LogP contribution in [0.25, 0.3) is 77.2 Å². The van der Waals surface area contributed by atoms with Crippen LogP contribution in [-0.4, -0.2) is 0 Å². The molecule has 1 heterocycles. The van der Waals surface area contributed by atoms with Crippen molar-refractivity contribution in [1.82, 2.24) is 0 Å². The fourth-order valence-corrected chi connectivity index (χ4v) is 7.81. The molecule has 0 bridgehead atoms. The first-order valence-corrected chi connectivity index (χ1v) is 18.4. The second kappa shape index (κ2) is 13.4. The number of benzene rings is 9. The van der Waals surface area contributed by atoms with Gasteiger partial charge in [-0.05, 0) is 98.2 Å². The third-order valence-electron chi connectivity index (χ3n) is 10.5. The van der Waals surface area contributed by atoms with Crippen molar-refractivity contribution in [2.75, 3.05) is 4.90 Å². The summed E-state index contributed by atoms with van der Waals surface area (Å²) in [5.41, 5.74) is 14.4. The lowest BCUT2D eigenvalue weighted by Gasteiger charge is -2.26. The maximum atomic E-state index is 6.46. The zero-order chi connectivity index (χ0) is 35.8. The van der Waals surface area contributed by atoms with Crippen molar-refractivity contribution in [1.29, 1.82) is 0 Å².